The van der Waals surface area contributed by atoms with Gasteiger partial charge in [-0.3, -0.25) is 9.69 Å². The standard InChI is InChI=1S/C19H22Cl2N2O3S/c1-3-17(25-2)18(24)23(10-13-5-4-8-26-13)19-22-16(11-27-19)14-7-6-12(20)9-15(14)21/h6-7,9,11,13,17H,3-5,8,10H2,1-2H3. The van der Waals surface area contributed by atoms with Gasteiger partial charge in [0.25, 0.3) is 5.91 Å². The molecular formula is C19H22Cl2N2O3S. The first-order chi connectivity index (χ1) is 13.0. The lowest BCUT2D eigenvalue weighted by Gasteiger charge is -2.26. The summed E-state index contributed by atoms with van der Waals surface area (Å²) >= 11 is 13.7. The molecular weight excluding hydrogens is 407 g/mol. The van der Waals surface area contributed by atoms with Gasteiger partial charge in [-0.2, -0.15) is 0 Å². The molecule has 0 bridgehead atoms. The maximum atomic E-state index is 13.0. The Labute approximate surface area is 173 Å². The number of aromatic nitrogens is 1. The molecule has 0 spiro atoms. The number of anilines is 1. The zero-order chi connectivity index (χ0) is 19.4. The van der Waals surface area contributed by atoms with Gasteiger partial charge in [0.05, 0.1) is 23.4 Å². The van der Waals surface area contributed by atoms with Gasteiger partial charge in [-0.25, -0.2) is 4.98 Å². The van der Waals surface area contributed by atoms with Crippen molar-refractivity contribution in [1.82, 2.24) is 4.98 Å². The summed E-state index contributed by atoms with van der Waals surface area (Å²) in [6.45, 7) is 3.13. The molecule has 5 nitrogen and oxygen atoms in total. The number of amides is 1. The maximum absolute atomic E-state index is 13.0. The Bertz CT molecular complexity index is 789. The highest BCUT2D eigenvalue weighted by Gasteiger charge is 2.30. The van der Waals surface area contributed by atoms with Crippen molar-refractivity contribution in [1.29, 1.82) is 0 Å². The number of thiazole rings is 1. The first-order valence-corrected chi connectivity index (χ1v) is 10.5. The lowest BCUT2D eigenvalue weighted by molar-refractivity contribution is -0.128. The zero-order valence-electron chi connectivity index (χ0n) is 15.3. The van der Waals surface area contributed by atoms with Gasteiger partial charge < -0.3 is 9.47 Å². The minimum absolute atomic E-state index is 0.0229. The van der Waals surface area contributed by atoms with Crippen molar-refractivity contribution < 1.29 is 14.3 Å². The second-order valence-corrected chi connectivity index (χ2v) is 8.04. The number of nitrogens with zero attached hydrogens (tertiary/aromatic N) is 2. The third-order valence-electron chi connectivity index (χ3n) is 4.54. The Morgan fingerprint density at radius 2 is 2.30 bits per heavy atom. The summed E-state index contributed by atoms with van der Waals surface area (Å²) in [4.78, 5) is 19.4. The fraction of sp³-hybridized carbons (Fsp3) is 0.474. The lowest BCUT2D eigenvalue weighted by atomic mass is 10.2. The summed E-state index contributed by atoms with van der Waals surface area (Å²) in [5, 5.41) is 3.61. The number of methoxy groups -OCH3 is 1. The van der Waals surface area contributed by atoms with Crippen LogP contribution in [0.15, 0.2) is 23.6 Å². The van der Waals surface area contributed by atoms with E-state index >= 15 is 0 Å². The average Bonchev–Trinajstić information content (AvgIpc) is 3.32. The summed E-state index contributed by atoms with van der Waals surface area (Å²) in [5.41, 5.74) is 1.50. The summed E-state index contributed by atoms with van der Waals surface area (Å²) < 4.78 is 11.1. The van der Waals surface area contributed by atoms with Crippen molar-refractivity contribution in [3.63, 3.8) is 0 Å². The van der Waals surface area contributed by atoms with Crippen molar-refractivity contribution in [2.75, 3.05) is 25.2 Å². The molecule has 1 fully saturated rings. The summed E-state index contributed by atoms with van der Waals surface area (Å²) in [7, 11) is 1.55. The molecule has 1 saturated heterocycles. The fourth-order valence-corrected chi connectivity index (χ4v) is 4.42. The second-order valence-electron chi connectivity index (χ2n) is 6.36. The van der Waals surface area contributed by atoms with Crippen LogP contribution in [0.5, 0.6) is 0 Å². The van der Waals surface area contributed by atoms with E-state index in [2.05, 4.69) is 4.98 Å². The lowest BCUT2D eigenvalue weighted by Crippen LogP contribution is -2.43. The first-order valence-electron chi connectivity index (χ1n) is 8.90. The van der Waals surface area contributed by atoms with Crippen LogP contribution < -0.4 is 4.90 Å². The molecule has 27 heavy (non-hydrogen) atoms. The van der Waals surface area contributed by atoms with E-state index in [0.717, 1.165) is 25.0 Å². The summed E-state index contributed by atoms with van der Waals surface area (Å²) in [5.74, 6) is -0.0985. The summed E-state index contributed by atoms with van der Waals surface area (Å²) in [6, 6.07) is 5.29. The Kier molecular flexibility index (Phi) is 7.11. The molecule has 0 N–H and O–H groups in total. The normalized spacial score (nSPS) is 17.9. The molecule has 0 radical (unpaired) electrons. The number of hydrogen-bond acceptors (Lipinski definition) is 5. The molecule has 146 valence electrons. The van der Waals surface area contributed by atoms with Gasteiger partial charge in [0, 0.05) is 29.7 Å². The van der Waals surface area contributed by atoms with Crippen LogP contribution in [0.25, 0.3) is 11.3 Å². The van der Waals surface area contributed by atoms with Gasteiger partial charge in [-0.1, -0.05) is 30.1 Å². The van der Waals surface area contributed by atoms with Crippen LogP contribution in [0.1, 0.15) is 26.2 Å². The summed E-state index contributed by atoms with van der Waals surface area (Å²) in [6.07, 6.45) is 2.07. The van der Waals surface area contributed by atoms with Gasteiger partial charge >= 0.3 is 0 Å². The molecule has 1 aliphatic rings. The largest absolute Gasteiger partial charge is 0.376 e. The first kappa shape index (κ1) is 20.6. The van der Waals surface area contributed by atoms with Gasteiger partial charge in [-0.15, -0.1) is 11.3 Å². The van der Waals surface area contributed by atoms with Crippen LogP contribution in [0.4, 0.5) is 5.13 Å². The average molecular weight is 429 g/mol. The highest BCUT2D eigenvalue weighted by molar-refractivity contribution is 7.14. The van der Waals surface area contributed by atoms with Crippen LogP contribution >= 0.6 is 34.5 Å². The molecule has 2 unspecified atom stereocenters. The number of benzene rings is 1. The number of carbonyl (C=O) groups excluding carboxylic acids is 1. The van der Waals surface area contributed by atoms with E-state index in [1.165, 1.54) is 11.3 Å². The molecule has 0 saturated carbocycles. The monoisotopic (exact) mass is 428 g/mol. The minimum Gasteiger partial charge on any atom is -0.376 e. The van der Waals surface area contributed by atoms with E-state index in [1.54, 1.807) is 24.1 Å². The molecule has 8 heteroatoms. The van der Waals surface area contributed by atoms with E-state index in [1.807, 2.05) is 18.4 Å². The molecule has 2 atom stereocenters. The number of halogens is 2. The Morgan fingerprint density at radius 3 is 2.93 bits per heavy atom. The van der Waals surface area contributed by atoms with Crippen molar-refractivity contribution >= 4 is 45.6 Å². The third-order valence-corrected chi connectivity index (χ3v) is 5.95. The maximum Gasteiger partial charge on any atom is 0.257 e. The molecule has 1 aliphatic heterocycles. The highest BCUT2D eigenvalue weighted by Crippen LogP contribution is 2.34. The van der Waals surface area contributed by atoms with Crippen molar-refractivity contribution in [3.8, 4) is 11.3 Å². The van der Waals surface area contributed by atoms with Gasteiger partial charge in [0.15, 0.2) is 5.13 Å². The molecule has 3 rings (SSSR count). The van der Waals surface area contributed by atoms with Crippen molar-refractivity contribution in [2.45, 2.75) is 38.4 Å². The molecule has 1 aromatic heterocycles. The number of hydrogen-bond donors (Lipinski definition) is 0. The van der Waals surface area contributed by atoms with Crippen LogP contribution in [0.3, 0.4) is 0 Å². The van der Waals surface area contributed by atoms with Gasteiger partial charge in [0.1, 0.15) is 6.10 Å². The molecule has 2 heterocycles. The third kappa shape index (κ3) is 4.81. The SMILES string of the molecule is CCC(OC)C(=O)N(CC1CCCO1)c1nc(-c2ccc(Cl)cc2Cl)cs1. The van der Waals surface area contributed by atoms with Crippen LogP contribution in [0, 0.1) is 0 Å². The van der Waals surface area contributed by atoms with Crippen molar-refractivity contribution in [3.05, 3.63) is 33.6 Å². The van der Waals surface area contributed by atoms with Gasteiger partial charge in [-0.05, 0) is 37.5 Å². The molecule has 1 aromatic carbocycles. The van der Waals surface area contributed by atoms with E-state index in [-0.39, 0.29) is 12.0 Å². The fourth-order valence-electron chi connectivity index (χ4n) is 3.08. The van der Waals surface area contributed by atoms with Crippen molar-refractivity contribution in [2.24, 2.45) is 0 Å². The Morgan fingerprint density at radius 1 is 1.48 bits per heavy atom. The Balaban J connectivity index is 1.89. The predicted octanol–water partition coefficient (Wildman–Crippen LogP) is 5.05. The quantitative estimate of drug-likeness (QED) is 0.618. The Hall–Kier alpha value is -1.18. The van der Waals surface area contributed by atoms with Crippen LogP contribution in [-0.2, 0) is 14.3 Å². The minimum atomic E-state index is -0.502. The van der Waals surface area contributed by atoms with E-state index in [0.29, 0.717) is 33.8 Å². The van der Waals surface area contributed by atoms with Crippen LogP contribution in [-0.4, -0.2) is 43.4 Å². The van der Waals surface area contributed by atoms with Gasteiger partial charge in [0.2, 0.25) is 0 Å². The molecule has 2 aromatic rings. The van der Waals surface area contributed by atoms with E-state index in [4.69, 9.17) is 32.7 Å². The number of carbonyl (C=O) groups is 1. The number of ether oxygens (including phenoxy) is 2. The highest BCUT2D eigenvalue weighted by atomic mass is 35.5. The molecule has 1 amide bonds. The van der Waals surface area contributed by atoms with Crippen LogP contribution in [0.2, 0.25) is 10.0 Å². The zero-order valence-corrected chi connectivity index (χ0v) is 17.6. The second kappa shape index (κ2) is 9.34. The predicted molar refractivity (Wildman–Crippen MR) is 110 cm³/mol. The van der Waals surface area contributed by atoms with E-state index < -0.39 is 6.10 Å². The topological polar surface area (TPSA) is 51.7 Å². The molecule has 0 aliphatic carbocycles. The smallest absolute Gasteiger partial charge is 0.257 e. The van der Waals surface area contributed by atoms with E-state index in [9.17, 15) is 4.79 Å². The number of rotatable bonds is 7.